The van der Waals surface area contributed by atoms with Crippen molar-refractivity contribution < 1.29 is 29.6 Å². The third-order valence-electron chi connectivity index (χ3n) is 4.65. The van der Waals surface area contributed by atoms with Gasteiger partial charge in [-0.25, -0.2) is 9.78 Å². The number of phenols is 2. The van der Waals surface area contributed by atoms with Crippen molar-refractivity contribution in [1.82, 2.24) is 9.97 Å². The van der Waals surface area contributed by atoms with Crippen LogP contribution in [0.15, 0.2) is 65.8 Å². The summed E-state index contributed by atoms with van der Waals surface area (Å²) in [6.45, 7) is 0.219. The second-order valence-corrected chi connectivity index (χ2v) is 7.89. The number of imidazole rings is 1. The molecule has 0 fully saturated rings. The molecule has 0 atom stereocenters. The number of aromatic hydroxyl groups is 2. The molecule has 4 aromatic rings. The van der Waals surface area contributed by atoms with Gasteiger partial charge in [0.1, 0.15) is 12.4 Å². The molecule has 8 nitrogen and oxygen atoms in total. The van der Waals surface area contributed by atoms with Gasteiger partial charge in [-0.2, -0.15) is 0 Å². The number of nitrogens with zero attached hydrogens (tertiary/aromatic N) is 1. The second kappa shape index (κ2) is 9.03. The molecular weight excluding hydrogens is 432 g/mol. The van der Waals surface area contributed by atoms with Crippen LogP contribution in [0.2, 0.25) is 0 Å². The molecule has 0 saturated heterocycles. The van der Waals surface area contributed by atoms with E-state index in [-0.39, 0.29) is 35.2 Å². The summed E-state index contributed by atoms with van der Waals surface area (Å²) in [5.41, 5.74) is 2.69. The maximum Gasteiger partial charge on any atom is 0.335 e. The highest BCUT2D eigenvalue weighted by molar-refractivity contribution is 7.99. The molecule has 0 aliphatic rings. The van der Waals surface area contributed by atoms with Gasteiger partial charge in [-0.15, -0.1) is 0 Å². The topological polar surface area (TPSA) is 133 Å². The number of ether oxygens (including phenoxy) is 1. The summed E-state index contributed by atoms with van der Waals surface area (Å²) in [5, 5.41) is 28.5. The standard InChI is InChI=1S/C23H18N2O6S/c26-19-7-4-14(9-20(19)27)21(28)12-32-23-24-17-6-5-16(10-18(17)25-23)31-11-13-2-1-3-15(8-13)22(29)30/h1-10,26-27H,11-12H2,(H,24,25)(H,29,30). The molecule has 3 aromatic carbocycles. The summed E-state index contributed by atoms with van der Waals surface area (Å²) < 4.78 is 5.78. The number of rotatable bonds is 8. The lowest BCUT2D eigenvalue weighted by atomic mass is 10.1. The fourth-order valence-corrected chi connectivity index (χ4v) is 3.78. The van der Waals surface area contributed by atoms with Crippen molar-refractivity contribution in [3.8, 4) is 17.2 Å². The number of carbonyl (C=O) groups is 2. The van der Waals surface area contributed by atoms with Crippen molar-refractivity contribution >= 4 is 34.5 Å². The van der Waals surface area contributed by atoms with E-state index in [2.05, 4.69) is 9.97 Å². The minimum absolute atomic E-state index is 0.104. The smallest absolute Gasteiger partial charge is 0.335 e. The number of aromatic carboxylic acids is 1. The van der Waals surface area contributed by atoms with Gasteiger partial charge in [0.15, 0.2) is 22.4 Å². The molecule has 0 saturated carbocycles. The Labute approximate surface area is 186 Å². The Morgan fingerprint density at radius 1 is 0.969 bits per heavy atom. The maximum absolute atomic E-state index is 12.3. The lowest BCUT2D eigenvalue weighted by molar-refractivity contribution is 0.0696. The molecule has 1 aromatic heterocycles. The Morgan fingerprint density at radius 3 is 2.59 bits per heavy atom. The number of nitrogens with one attached hydrogen (secondary N) is 1. The molecule has 0 aliphatic carbocycles. The van der Waals surface area contributed by atoms with E-state index < -0.39 is 5.97 Å². The number of aromatic amines is 1. The predicted octanol–water partition coefficient (Wildman–Crippen LogP) is 4.23. The monoisotopic (exact) mass is 450 g/mol. The van der Waals surface area contributed by atoms with Gasteiger partial charge in [-0.1, -0.05) is 23.9 Å². The van der Waals surface area contributed by atoms with Crippen LogP contribution in [0, 0.1) is 0 Å². The van der Waals surface area contributed by atoms with E-state index in [0.29, 0.717) is 22.0 Å². The molecule has 162 valence electrons. The van der Waals surface area contributed by atoms with Crippen LogP contribution in [0.1, 0.15) is 26.3 Å². The van der Waals surface area contributed by atoms with Gasteiger partial charge in [0, 0.05) is 11.6 Å². The zero-order chi connectivity index (χ0) is 22.7. The number of thioether (sulfide) groups is 1. The first-order valence-electron chi connectivity index (χ1n) is 9.52. The Bertz CT molecular complexity index is 1320. The minimum atomic E-state index is -0.989. The summed E-state index contributed by atoms with van der Waals surface area (Å²) in [4.78, 5) is 31.0. The molecule has 0 radical (unpaired) electrons. The highest BCUT2D eigenvalue weighted by Gasteiger charge is 2.12. The molecule has 32 heavy (non-hydrogen) atoms. The van der Waals surface area contributed by atoms with E-state index in [4.69, 9.17) is 9.84 Å². The average molecular weight is 450 g/mol. The number of ketones is 1. The van der Waals surface area contributed by atoms with Crippen LogP contribution < -0.4 is 4.74 Å². The Balaban J connectivity index is 1.40. The number of aromatic nitrogens is 2. The first-order chi connectivity index (χ1) is 15.4. The number of Topliss-reactive ketones (excluding diaryl/α,β-unsaturated/α-hetero) is 1. The lowest BCUT2D eigenvalue weighted by Crippen LogP contribution is -2.02. The van der Waals surface area contributed by atoms with Crippen LogP contribution in [0.4, 0.5) is 0 Å². The van der Waals surface area contributed by atoms with Gasteiger partial charge in [0.05, 0.1) is 22.3 Å². The summed E-state index contributed by atoms with van der Waals surface area (Å²) in [6, 6.07) is 15.8. The number of hydrogen-bond donors (Lipinski definition) is 4. The predicted molar refractivity (Wildman–Crippen MR) is 119 cm³/mol. The van der Waals surface area contributed by atoms with Crippen LogP contribution in [-0.4, -0.2) is 42.8 Å². The lowest BCUT2D eigenvalue weighted by Gasteiger charge is -2.07. The zero-order valence-electron chi connectivity index (χ0n) is 16.6. The number of carboxylic acids is 1. The van der Waals surface area contributed by atoms with Crippen LogP contribution >= 0.6 is 11.8 Å². The van der Waals surface area contributed by atoms with E-state index in [0.717, 1.165) is 11.1 Å². The summed E-state index contributed by atoms with van der Waals surface area (Å²) in [7, 11) is 0. The molecule has 0 bridgehead atoms. The van der Waals surface area contributed by atoms with E-state index >= 15 is 0 Å². The van der Waals surface area contributed by atoms with Crippen molar-refractivity contribution in [3.63, 3.8) is 0 Å². The number of H-pyrrole nitrogens is 1. The van der Waals surface area contributed by atoms with Crippen molar-refractivity contribution in [2.45, 2.75) is 11.8 Å². The number of fused-ring (bicyclic) bond motifs is 1. The summed E-state index contributed by atoms with van der Waals surface area (Å²) in [6.07, 6.45) is 0. The van der Waals surface area contributed by atoms with E-state index in [1.165, 1.54) is 36.0 Å². The number of carboxylic acid groups (broad SMARTS) is 1. The largest absolute Gasteiger partial charge is 0.504 e. The van der Waals surface area contributed by atoms with Crippen molar-refractivity contribution in [1.29, 1.82) is 0 Å². The molecule has 4 N–H and O–H groups in total. The number of carbonyl (C=O) groups excluding carboxylic acids is 1. The first-order valence-corrected chi connectivity index (χ1v) is 10.5. The van der Waals surface area contributed by atoms with Crippen LogP contribution in [0.5, 0.6) is 17.2 Å². The van der Waals surface area contributed by atoms with Gasteiger partial charge in [-0.3, -0.25) is 4.79 Å². The van der Waals surface area contributed by atoms with E-state index in [9.17, 15) is 19.8 Å². The van der Waals surface area contributed by atoms with Crippen LogP contribution in [0.25, 0.3) is 11.0 Å². The van der Waals surface area contributed by atoms with E-state index in [1.54, 1.807) is 36.4 Å². The SMILES string of the molecule is O=C(O)c1cccc(COc2ccc3nc(SCC(=O)c4ccc(O)c(O)c4)[nH]c3c2)c1. The highest BCUT2D eigenvalue weighted by atomic mass is 32.2. The van der Waals surface area contributed by atoms with Crippen molar-refractivity contribution in [2.24, 2.45) is 0 Å². The molecule has 0 unspecified atom stereocenters. The molecule has 9 heteroatoms. The average Bonchev–Trinajstić information content (AvgIpc) is 3.20. The summed E-state index contributed by atoms with van der Waals surface area (Å²) >= 11 is 1.22. The highest BCUT2D eigenvalue weighted by Crippen LogP contribution is 2.27. The summed E-state index contributed by atoms with van der Waals surface area (Å²) in [5.74, 6) is -1.12. The van der Waals surface area contributed by atoms with Gasteiger partial charge in [-0.05, 0) is 48.0 Å². The number of hydrogen-bond acceptors (Lipinski definition) is 7. The zero-order valence-corrected chi connectivity index (χ0v) is 17.4. The first kappa shape index (κ1) is 21.3. The van der Waals surface area contributed by atoms with Crippen LogP contribution in [0.3, 0.4) is 0 Å². The van der Waals surface area contributed by atoms with Crippen LogP contribution in [-0.2, 0) is 6.61 Å². The Kier molecular flexibility index (Phi) is 6.00. The van der Waals surface area contributed by atoms with Gasteiger partial charge in [0.2, 0.25) is 0 Å². The molecule has 0 spiro atoms. The maximum atomic E-state index is 12.3. The van der Waals surface area contributed by atoms with Crippen molar-refractivity contribution in [2.75, 3.05) is 5.75 Å². The third-order valence-corrected chi connectivity index (χ3v) is 5.52. The molecule has 0 amide bonds. The Hall–Kier alpha value is -3.98. The van der Waals surface area contributed by atoms with E-state index in [1.807, 2.05) is 0 Å². The van der Waals surface area contributed by atoms with Gasteiger partial charge >= 0.3 is 5.97 Å². The van der Waals surface area contributed by atoms with Gasteiger partial charge in [0.25, 0.3) is 0 Å². The quantitative estimate of drug-likeness (QED) is 0.178. The molecule has 4 rings (SSSR count). The fraction of sp³-hybridized carbons (Fsp3) is 0.0870. The number of benzene rings is 3. The fourth-order valence-electron chi connectivity index (χ4n) is 3.00. The second-order valence-electron chi connectivity index (χ2n) is 6.93. The molecular formula is C23H18N2O6S. The minimum Gasteiger partial charge on any atom is -0.504 e. The Morgan fingerprint density at radius 2 is 1.81 bits per heavy atom. The normalized spacial score (nSPS) is 10.9. The van der Waals surface area contributed by atoms with Gasteiger partial charge < -0.3 is 25.0 Å². The number of phenolic OH excluding ortho intramolecular Hbond substituents is 2. The third kappa shape index (κ3) is 4.84. The molecule has 0 aliphatic heterocycles. The molecule has 1 heterocycles. The van der Waals surface area contributed by atoms with Crippen molar-refractivity contribution in [3.05, 3.63) is 77.4 Å².